The molecule has 2 saturated heterocycles. The molecule has 1 aromatic carbocycles. The highest BCUT2D eigenvalue weighted by Gasteiger charge is 2.28. The standard InChI is InChI=1S/C15H21ClN4O/c16-13-3-1-2-4-14(13)18-15(21)11-19-5-7-20(8-6-19)12-9-17-10-12/h1-4,12,17H,5-11H2,(H,18,21). The molecule has 0 aromatic heterocycles. The third-order valence-corrected chi connectivity index (χ3v) is 4.53. The molecule has 0 aliphatic carbocycles. The highest BCUT2D eigenvalue weighted by atomic mass is 35.5. The fourth-order valence-corrected chi connectivity index (χ4v) is 2.96. The van der Waals surface area contributed by atoms with Gasteiger partial charge in [-0.05, 0) is 12.1 Å². The average molecular weight is 309 g/mol. The van der Waals surface area contributed by atoms with E-state index in [9.17, 15) is 4.79 Å². The van der Waals surface area contributed by atoms with Crippen molar-refractivity contribution in [3.63, 3.8) is 0 Å². The first-order valence-corrected chi connectivity index (χ1v) is 7.81. The lowest BCUT2D eigenvalue weighted by molar-refractivity contribution is -0.117. The summed E-state index contributed by atoms with van der Waals surface area (Å²) in [7, 11) is 0. The lowest BCUT2D eigenvalue weighted by Gasteiger charge is -2.43. The fraction of sp³-hybridized carbons (Fsp3) is 0.533. The number of hydrogen-bond donors (Lipinski definition) is 2. The van der Waals surface area contributed by atoms with Gasteiger partial charge in [0.25, 0.3) is 0 Å². The van der Waals surface area contributed by atoms with E-state index in [1.54, 1.807) is 6.07 Å². The van der Waals surface area contributed by atoms with Crippen LogP contribution in [0, 0.1) is 0 Å². The molecule has 114 valence electrons. The molecule has 1 aromatic rings. The van der Waals surface area contributed by atoms with E-state index in [0.717, 1.165) is 39.3 Å². The maximum absolute atomic E-state index is 12.1. The quantitative estimate of drug-likeness (QED) is 0.866. The molecule has 2 aliphatic rings. The molecule has 2 heterocycles. The van der Waals surface area contributed by atoms with Crippen LogP contribution in [-0.2, 0) is 4.79 Å². The third kappa shape index (κ3) is 3.74. The summed E-state index contributed by atoms with van der Waals surface area (Å²) in [4.78, 5) is 16.8. The number of rotatable bonds is 4. The van der Waals surface area contributed by atoms with Gasteiger partial charge in [0.15, 0.2) is 0 Å². The summed E-state index contributed by atoms with van der Waals surface area (Å²) in [5.41, 5.74) is 0.684. The zero-order valence-electron chi connectivity index (χ0n) is 12.0. The molecule has 0 atom stereocenters. The molecular weight excluding hydrogens is 288 g/mol. The van der Waals surface area contributed by atoms with Gasteiger partial charge in [-0.1, -0.05) is 23.7 Å². The minimum Gasteiger partial charge on any atom is -0.324 e. The lowest BCUT2D eigenvalue weighted by atomic mass is 10.1. The van der Waals surface area contributed by atoms with Crippen molar-refractivity contribution < 1.29 is 4.79 Å². The van der Waals surface area contributed by atoms with E-state index in [1.807, 2.05) is 18.2 Å². The van der Waals surface area contributed by atoms with Crippen LogP contribution in [-0.4, -0.2) is 67.6 Å². The summed E-state index contributed by atoms with van der Waals surface area (Å²) < 4.78 is 0. The van der Waals surface area contributed by atoms with Crippen molar-refractivity contribution in [1.82, 2.24) is 15.1 Å². The normalized spacial score (nSPS) is 21.0. The maximum atomic E-state index is 12.1. The van der Waals surface area contributed by atoms with Gasteiger partial charge in [-0.15, -0.1) is 0 Å². The van der Waals surface area contributed by atoms with Gasteiger partial charge in [0.1, 0.15) is 0 Å². The molecule has 2 N–H and O–H groups in total. The zero-order chi connectivity index (χ0) is 14.7. The van der Waals surface area contributed by atoms with E-state index in [1.165, 1.54) is 0 Å². The minimum absolute atomic E-state index is 0.00172. The Morgan fingerprint density at radius 1 is 1.24 bits per heavy atom. The van der Waals surface area contributed by atoms with Crippen LogP contribution in [0.5, 0.6) is 0 Å². The van der Waals surface area contributed by atoms with Gasteiger partial charge in [0.2, 0.25) is 5.91 Å². The maximum Gasteiger partial charge on any atom is 0.238 e. The molecule has 0 radical (unpaired) electrons. The number of para-hydroxylation sites is 1. The van der Waals surface area contributed by atoms with Crippen LogP contribution in [0.3, 0.4) is 0 Å². The third-order valence-electron chi connectivity index (χ3n) is 4.20. The second-order valence-electron chi connectivity index (χ2n) is 5.65. The SMILES string of the molecule is O=C(CN1CCN(C2CNC2)CC1)Nc1ccccc1Cl. The van der Waals surface area contributed by atoms with E-state index in [4.69, 9.17) is 11.6 Å². The number of nitrogens with one attached hydrogen (secondary N) is 2. The number of benzene rings is 1. The molecule has 21 heavy (non-hydrogen) atoms. The summed E-state index contributed by atoms with van der Waals surface area (Å²) in [6, 6.07) is 8.02. The lowest BCUT2D eigenvalue weighted by Crippen LogP contribution is -2.61. The van der Waals surface area contributed by atoms with Crippen molar-refractivity contribution in [3.8, 4) is 0 Å². The van der Waals surface area contributed by atoms with Crippen LogP contribution in [0.25, 0.3) is 0 Å². The summed E-state index contributed by atoms with van der Waals surface area (Å²) in [5.74, 6) is 0.00172. The van der Waals surface area contributed by atoms with Gasteiger partial charge in [0, 0.05) is 45.3 Å². The highest BCUT2D eigenvalue weighted by molar-refractivity contribution is 6.33. The Morgan fingerprint density at radius 3 is 2.57 bits per heavy atom. The minimum atomic E-state index is 0.00172. The van der Waals surface area contributed by atoms with Gasteiger partial charge in [-0.3, -0.25) is 14.6 Å². The predicted molar refractivity (Wildman–Crippen MR) is 84.8 cm³/mol. The Morgan fingerprint density at radius 2 is 1.95 bits per heavy atom. The summed E-state index contributed by atoms with van der Waals surface area (Å²) >= 11 is 6.05. The van der Waals surface area contributed by atoms with Crippen LogP contribution in [0.15, 0.2) is 24.3 Å². The van der Waals surface area contributed by atoms with Crippen LogP contribution in [0.1, 0.15) is 0 Å². The first-order valence-electron chi connectivity index (χ1n) is 7.44. The topological polar surface area (TPSA) is 47.6 Å². The number of piperazine rings is 1. The number of amides is 1. The van der Waals surface area contributed by atoms with Crippen molar-refractivity contribution in [2.75, 3.05) is 51.1 Å². The van der Waals surface area contributed by atoms with E-state index < -0.39 is 0 Å². The Hall–Kier alpha value is -1.14. The molecule has 2 aliphatic heterocycles. The smallest absolute Gasteiger partial charge is 0.238 e. The first-order chi connectivity index (χ1) is 10.2. The van der Waals surface area contributed by atoms with E-state index in [2.05, 4.69) is 20.4 Å². The number of carbonyl (C=O) groups excluding carboxylic acids is 1. The van der Waals surface area contributed by atoms with Crippen molar-refractivity contribution in [2.45, 2.75) is 6.04 Å². The van der Waals surface area contributed by atoms with Crippen molar-refractivity contribution >= 4 is 23.2 Å². The Bertz CT molecular complexity index is 498. The van der Waals surface area contributed by atoms with Crippen LogP contribution < -0.4 is 10.6 Å². The number of anilines is 1. The molecular formula is C15H21ClN4O. The van der Waals surface area contributed by atoms with E-state index in [0.29, 0.717) is 23.3 Å². The van der Waals surface area contributed by atoms with Crippen molar-refractivity contribution in [1.29, 1.82) is 0 Å². The van der Waals surface area contributed by atoms with Gasteiger partial charge < -0.3 is 10.6 Å². The summed E-state index contributed by atoms with van der Waals surface area (Å²) in [5, 5.41) is 6.76. The summed E-state index contributed by atoms with van der Waals surface area (Å²) in [6.07, 6.45) is 0. The van der Waals surface area contributed by atoms with Crippen LogP contribution in [0.2, 0.25) is 5.02 Å². The van der Waals surface area contributed by atoms with Crippen molar-refractivity contribution in [2.24, 2.45) is 0 Å². The molecule has 0 saturated carbocycles. The van der Waals surface area contributed by atoms with Gasteiger partial charge in [-0.25, -0.2) is 0 Å². The number of hydrogen-bond acceptors (Lipinski definition) is 4. The average Bonchev–Trinajstić information content (AvgIpc) is 2.42. The van der Waals surface area contributed by atoms with Gasteiger partial charge in [0.05, 0.1) is 17.3 Å². The monoisotopic (exact) mass is 308 g/mol. The largest absolute Gasteiger partial charge is 0.324 e. The molecule has 0 unspecified atom stereocenters. The molecule has 0 bridgehead atoms. The number of halogens is 1. The Labute approximate surface area is 130 Å². The van der Waals surface area contributed by atoms with E-state index in [-0.39, 0.29) is 5.91 Å². The number of nitrogens with zero attached hydrogens (tertiary/aromatic N) is 2. The van der Waals surface area contributed by atoms with Crippen LogP contribution in [0.4, 0.5) is 5.69 Å². The second kappa shape index (κ2) is 6.75. The first kappa shape index (κ1) is 14.8. The predicted octanol–water partition coefficient (Wildman–Crippen LogP) is 0.868. The molecule has 5 nitrogen and oxygen atoms in total. The van der Waals surface area contributed by atoms with Gasteiger partial charge in [-0.2, -0.15) is 0 Å². The second-order valence-corrected chi connectivity index (χ2v) is 6.06. The molecule has 2 fully saturated rings. The molecule has 3 rings (SSSR count). The number of carbonyl (C=O) groups is 1. The molecule has 1 amide bonds. The molecule has 0 spiro atoms. The highest BCUT2D eigenvalue weighted by Crippen LogP contribution is 2.20. The zero-order valence-corrected chi connectivity index (χ0v) is 12.8. The van der Waals surface area contributed by atoms with Gasteiger partial charge >= 0.3 is 0 Å². The fourth-order valence-electron chi connectivity index (χ4n) is 2.77. The Balaban J connectivity index is 1.44. The van der Waals surface area contributed by atoms with E-state index >= 15 is 0 Å². The summed E-state index contributed by atoms with van der Waals surface area (Å²) in [6.45, 7) is 6.64. The Kier molecular flexibility index (Phi) is 4.75. The van der Waals surface area contributed by atoms with Crippen molar-refractivity contribution in [3.05, 3.63) is 29.3 Å². The molecule has 6 heteroatoms. The van der Waals surface area contributed by atoms with Crippen LogP contribution >= 0.6 is 11.6 Å².